The Hall–Kier alpha value is -1.39. The third-order valence-corrected chi connectivity index (χ3v) is 2.41. The lowest BCUT2D eigenvalue weighted by atomic mass is 9.92. The zero-order valence-electron chi connectivity index (χ0n) is 11.3. The predicted molar refractivity (Wildman–Crippen MR) is 66.9 cm³/mol. The van der Waals surface area contributed by atoms with Crippen molar-refractivity contribution in [1.82, 2.24) is 20.5 Å². The summed E-state index contributed by atoms with van der Waals surface area (Å²) in [6.45, 7) is 11.1. The molecule has 0 spiro atoms. The van der Waals surface area contributed by atoms with Gasteiger partial charge in [0.05, 0.1) is 0 Å². The van der Waals surface area contributed by atoms with Gasteiger partial charge >= 0.3 is 0 Å². The van der Waals surface area contributed by atoms with Crippen LogP contribution in [0, 0.1) is 5.41 Å². The Morgan fingerprint density at radius 2 is 2.06 bits per heavy atom. The van der Waals surface area contributed by atoms with E-state index in [1.54, 1.807) is 0 Å². The second-order valence-corrected chi connectivity index (χ2v) is 5.77. The van der Waals surface area contributed by atoms with Crippen LogP contribution < -0.4 is 5.32 Å². The summed E-state index contributed by atoms with van der Waals surface area (Å²) < 4.78 is 0. The number of nitrogens with one attached hydrogen (secondary N) is 2. The van der Waals surface area contributed by atoms with Crippen LogP contribution in [0.15, 0.2) is 0 Å². The number of rotatable bonds is 4. The summed E-state index contributed by atoms with van der Waals surface area (Å²) in [6.07, 6.45) is 0.931. The Morgan fingerprint density at radius 1 is 1.41 bits per heavy atom. The van der Waals surface area contributed by atoms with Gasteiger partial charge in [0.15, 0.2) is 0 Å². The molecule has 2 N–H and O–H groups in total. The van der Waals surface area contributed by atoms with Crippen LogP contribution in [-0.4, -0.2) is 27.6 Å². The summed E-state index contributed by atoms with van der Waals surface area (Å²) in [7, 11) is 0. The largest absolute Gasteiger partial charge is 0.349 e. The molecule has 0 saturated carbocycles. The zero-order chi connectivity index (χ0) is 13.1. The van der Waals surface area contributed by atoms with Crippen LogP contribution in [-0.2, 0) is 0 Å². The van der Waals surface area contributed by atoms with Crippen molar-refractivity contribution in [2.45, 2.75) is 47.0 Å². The van der Waals surface area contributed by atoms with E-state index in [1.165, 1.54) is 0 Å². The number of hydrogen-bond acceptors (Lipinski definition) is 3. The van der Waals surface area contributed by atoms with Crippen LogP contribution in [0.1, 0.15) is 63.4 Å². The lowest BCUT2D eigenvalue weighted by Crippen LogP contribution is -2.28. The molecule has 1 aromatic heterocycles. The van der Waals surface area contributed by atoms with E-state index >= 15 is 0 Å². The Kier molecular flexibility index (Phi) is 4.26. The van der Waals surface area contributed by atoms with Crippen molar-refractivity contribution in [2.75, 3.05) is 6.54 Å². The van der Waals surface area contributed by atoms with E-state index in [1.807, 2.05) is 13.8 Å². The number of hydrogen-bond donors (Lipinski definition) is 2. The highest BCUT2D eigenvalue weighted by Gasteiger charge is 2.15. The molecular formula is C12H22N4O. The average Bonchev–Trinajstić information content (AvgIpc) is 2.63. The van der Waals surface area contributed by atoms with Gasteiger partial charge in [0, 0.05) is 12.5 Å². The average molecular weight is 238 g/mol. The Morgan fingerprint density at radius 3 is 2.53 bits per heavy atom. The number of carbonyl (C=O) groups excluding carboxylic acids is 1. The molecule has 5 heteroatoms. The van der Waals surface area contributed by atoms with Crippen molar-refractivity contribution in [3.63, 3.8) is 0 Å². The lowest BCUT2D eigenvalue weighted by Gasteiger charge is -2.17. The summed E-state index contributed by atoms with van der Waals surface area (Å²) in [5.41, 5.74) is 0.218. The third kappa shape index (κ3) is 4.54. The van der Waals surface area contributed by atoms with Gasteiger partial charge in [-0.3, -0.25) is 9.89 Å². The van der Waals surface area contributed by atoms with Crippen LogP contribution in [0.2, 0.25) is 0 Å². The molecule has 0 saturated heterocycles. The van der Waals surface area contributed by atoms with Crippen molar-refractivity contribution in [1.29, 1.82) is 0 Å². The van der Waals surface area contributed by atoms with Gasteiger partial charge in [-0.2, -0.15) is 0 Å². The SMILES string of the molecule is CC(C)c1nc(C(=O)NCCC(C)(C)C)n[nH]1. The normalized spacial score (nSPS) is 11.9. The molecule has 0 aliphatic rings. The fraction of sp³-hybridized carbons (Fsp3) is 0.750. The Labute approximate surface area is 102 Å². The van der Waals surface area contributed by atoms with E-state index in [0.717, 1.165) is 12.2 Å². The predicted octanol–water partition coefficient (Wildman–Crippen LogP) is 2.09. The fourth-order valence-electron chi connectivity index (χ4n) is 1.26. The van der Waals surface area contributed by atoms with Gasteiger partial charge in [0.25, 0.3) is 5.91 Å². The summed E-state index contributed by atoms with van der Waals surface area (Å²) in [5, 5.41) is 9.50. The molecule has 1 heterocycles. The molecular weight excluding hydrogens is 216 g/mol. The van der Waals surface area contributed by atoms with Crippen LogP contribution >= 0.6 is 0 Å². The zero-order valence-corrected chi connectivity index (χ0v) is 11.3. The van der Waals surface area contributed by atoms with Gasteiger partial charge in [-0.05, 0) is 11.8 Å². The van der Waals surface area contributed by atoms with E-state index in [2.05, 4.69) is 41.3 Å². The summed E-state index contributed by atoms with van der Waals surface area (Å²) in [6, 6.07) is 0. The van der Waals surface area contributed by atoms with Gasteiger partial charge in [-0.25, -0.2) is 4.98 Å². The topological polar surface area (TPSA) is 70.7 Å². The lowest BCUT2D eigenvalue weighted by molar-refractivity contribution is 0.0939. The first-order valence-electron chi connectivity index (χ1n) is 6.00. The number of nitrogens with zero attached hydrogens (tertiary/aromatic N) is 2. The second kappa shape index (κ2) is 5.29. The standard InChI is InChI=1S/C12H22N4O/c1-8(2)9-14-10(16-15-9)11(17)13-7-6-12(3,4)5/h8H,6-7H2,1-5H3,(H,13,17)(H,14,15,16). The van der Waals surface area contributed by atoms with Crippen molar-refractivity contribution in [2.24, 2.45) is 5.41 Å². The Bertz CT molecular complexity index is 376. The number of H-pyrrole nitrogens is 1. The molecule has 0 unspecified atom stereocenters. The summed E-state index contributed by atoms with van der Waals surface area (Å²) >= 11 is 0. The van der Waals surface area contributed by atoms with Crippen LogP contribution in [0.3, 0.4) is 0 Å². The van der Waals surface area contributed by atoms with Gasteiger partial charge in [0.1, 0.15) is 5.82 Å². The number of carbonyl (C=O) groups is 1. The summed E-state index contributed by atoms with van der Waals surface area (Å²) in [5.74, 6) is 1.00. The van der Waals surface area contributed by atoms with Crippen molar-refractivity contribution in [3.05, 3.63) is 11.6 Å². The maximum Gasteiger partial charge on any atom is 0.290 e. The van der Waals surface area contributed by atoms with Gasteiger partial charge in [-0.15, -0.1) is 5.10 Å². The van der Waals surface area contributed by atoms with Crippen LogP contribution in [0.4, 0.5) is 0 Å². The molecule has 1 amide bonds. The first-order chi connectivity index (χ1) is 7.79. The molecule has 0 bridgehead atoms. The Balaban J connectivity index is 2.47. The summed E-state index contributed by atoms with van der Waals surface area (Å²) in [4.78, 5) is 15.9. The fourth-order valence-corrected chi connectivity index (χ4v) is 1.26. The first kappa shape index (κ1) is 13.7. The van der Waals surface area contributed by atoms with Crippen LogP contribution in [0.5, 0.6) is 0 Å². The molecule has 0 aliphatic carbocycles. The minimum atomic E-state index is -0.211. The van der Waals surface area contributed by atoms with E-state index in [0.29, 0.717) is 6.54 Å². The maximum atomic E-state index is 11.7. The molecule has 1 rings (SSSR count). The molecule has 5 nitrogen and oxygen atoms in total. The molecule has 96 valence electrons. The van der Waals surface area contributed by atoms with Crippen molar-refractivity contribution >= 4 is 5.91 Å². The minimum Gasteiger partial charge on any atom is -0.349 e. The van der Waals surface area contributed by atoms with E-state index in [4.69, 9.17) is 0 Å². The first-order valence-corrected chi connectivity index (χ1v) is 6.00. The van der Waals surface area contributed by atoms with E-state index in [-0.39, 0.29) is 23.1 Å². The smallest absolute Gasteiger partial charge is 0.290 e. The minimum absolute atomic E-state index is 0.211. The van der Waals surface area contributed by atoms with Gasteiger partial charge < -0.3 is 5.32 Å². The molecule has 1 aromatic rings. The van der Waals surface area contributed by atoms with Gasteiger partial charge in [-0.1, -0.05) is 34.6 Å². The molecule has 0 radical (unpaired) electrons. The quantitative estimate of drug-likeness (QED) is 0.843. The monoisotopic (exact) mass is 238 g/mol. The molecule has 0 aromatic carbocycles. The van der Waals surface area contributed by atoms with Crippen LogP contribution in [0.25, 0.3) is 0 Å². The number of aromatic amines is 1. The van der Waals surface area contributed by atoms with E-state index in [9.17, 15) is 4.79 Å². The molecule has 0 atom stereocenters. The highest BCUT2D eigenvalue weighted by atomic mass is 16.2. The van der Waals surface area contributed by atoms with E-state index < -0.39 is 0 Å². The molecule has 0 aliphatic heterocycles. The third-order valence-electron chi connectivity index (χ3n) is 2.41. The highest BCUT2D eigenvalue weighted by Crippen LogP contribution is 2.17. The number of amides is 1. The molecule has 0 fully saturated rings. The number of aromatic nitrogens is 3. The second-order valence-electron chi connectivity index (χ2n) is 5.77. The van der Waals surface area contributed by atoms with Gasteiger partial charge in [0.2, 0.25) is 5.82 Å². The van der Waals surface area contributed by atoms with Crippen molar-refractivity contribution in [3.8, 4) is 0 Å². The highest BCUT2D eigenvalue weighted by molar-refractivity contribution is 5.90. The maximum absolute atomic E-state index is 11.7. The molecule has 17 heavy (non-hydrogen) atoms. The van der Waals surface area contributed by atoms with Crippen molar-refractivity contribution < 1.29 is 4.79 Å².